The molecule has 0 amide bonds. The van der Waals surface area contributed by atoms with Crippen LogP contribution in [0.3, 0.4) is 0 Å². The molecule has 0 aliphatic carbocycles. The highest BCUT2D eigenvalue weighted by atomic mass is 35.5. The number of hydrogen-bond donors (Lipinski definition) is 0. The van der Waals surface area contributed by atoms with Crippen molar-refractivity contribution in [2.75, 3.05) is 18.7 Å². The maximum absolute atomic E-state index is 11.9. The Bertz CT molecular complexity index is 505. The van der Waals surface area contributed by atoms with Gasteiger partial charge in [-0.2, -0.15) is 0 Å². The maximum atomic E-state index is 11.9. The van der Waals surface area contributed by atoms with Gasteiger partial charge in [-0.05, 0) is 18.1 Å². The first kappa shape index (κ1) is 16.1. The molecule has 1 aromatic rings. The minimum atomic E-state index is -3.30. The van der Waals surface area contributed by atoms with Gasteiger partial charge in [-0.3, -0.25) is 0 Å². The summed E-state index contributed by atoms with van der Waals surface area (Å²) < 4.78 is 25.0. The van der Waals surface area contributed by atoms with Crippen molar-refractivity contribution in [1.29, 1.82) is 0 Å². The van der Waals surface area contributed by atoms with E-state index in [-0.39, 0.29) is 12.3 Å². The summed E-state index contributed by atoms with van der Waals surface area (Å²) in [5.74, 6) is 0.357. The Labute approximate surface area is 123 Å². The van der Waals surface area contributed by atoms with Gasteiger partial charge >= 0.3 is 0 Å². The van der Waals surface area contributed by atoms with E-state index in [9.17, 15) is 8.42 Å². The molecule has 0 N–H and O–H groups in total. The fourth-order valence-electron chi connectivity index (χ4n) is 1.40. The average Bonchev–Trinajstić information content (AvgIpc) is 2.32. The van der Waals surface area contributed by atoms with Gasteiger partial charge in [0.25, 0.3) is 0 Å². The van der Waals surface area contributed by atoms with Crippen molar-refractivity contribution >= 4 is 44.8 Å². The lowest BCUT2D eigenvalue weighted by molar-refractivity contribution is 0.466. The standard InChI is InChI=1S/C11H14Cl3NO2S/c1-15(18(16,17)7-3-6-12)8-9-4-2-5-10(13)11(9)14/h2,4-5H,3,6-8H2,1H3. The molecule has 3 nitrogen and oxygen atoms in total. The van der Waals surface area contributed by atoms with Crippen molar-refractivity contribution in [3.63, 3.8) is 0 Å². The third-order valence-electron chi connectivity index (χ3n) is 2.44. The highest BCUT2D eigenvalue weighted by molar-refractivity contribution is 7.89. The van der Waals surface area contributed by atoms with Crippen molar-refractivity contribution < 1.29 is 8.42 Å². The molecule has 0 saturated heterocycles. The van der Waals surface area contributed by atoms with Crippen molar-refractivity contribution in [3.05, 3.63) is 33.8 Å². The Hall–Kier alpha value is -0.000000000000000111. The van der Waals surface area contributed by atoms with E-state index >= 15 is 0 Å². The van der Waals surface area contributed by atoms with Crippen LogP contribution in [0.2, 0.25) is 10.0 Å². The molecule has 0 atom stereocenters. The molecule has 0 fully saturated rings. The summed E-state index contributed by atoms with van der Waals surface area (Å²) >= 11 is 17.4. The summed E-state index contributed by atoms with van der Waals surface area (Å²) in [7, 11) is -1.79. The highest BCUT2D eigenvalue weighted by Crippen LogP contribution is 2.26. The highest BCUT2D eigenvalue weighted by Gasteiger charge is 2.18. The molecule has 0 radical (unpaired) electrons. The average molecular weight is 331 g/mol. The van der Waals surface area contributed by atoms with E-state index in [0.717, 1.165) is 0 Å². The maximum Gasteiger partial charge on any atom is 0.214 e. The molecule has 0 aliphatic rings. The normalized spacial score (nSPS) is 12.1. The van der Waals surface area contributed by atoms with Gasteiger partial charge in [0, 0.05) is 19.5 Å². The second-order valence-corrected chi connectivity index (χ2v) is 7.19. The predicted molar refractivity (Wildman–Crippen MR) is 77.1 cm³/mol. The Morgan fingerprint density at radius 3 is 2.56 bits per heavy atom. The van der Waals surface area contributed by atoms with E-state index in [4.69, 9.17) is 34.8 Å². The Morgan fingerprint density at radius 1 is 1.28 bits per heavy atom. The summed E-state index contributed by atoms with van der Waals surface area (Å²) in [5, 5.41) is 0.805. The molecule has 1 rings (SSSR count). The van der Waals surface area contributed by atoms with Crippen LogP contribution in [-0.4, -0.2) is 31.4 Å². The van der Waals surface area contributed by atoms with E-state index in [1.165, 1.54) is 11.4 Å². The van der Waals surface area contributed by atoms with Gasteiger partial charge in [0.05, 0.1) is 15.8 Å². The Morgan fingerprint density at radius 2 is 1.94 bits per heavy atom. The van der Waals surface area contributed by atoms with E-state index < -0.39 is 10.0 Å². The zero-order valence-corrected chi connectivity index (χ0v) is 13.0. The van der Waals surface area contributed by atoms with Crippen LogP contribution in [0.5, 0.6) is 0 Å². The van der Waals surface area contributed by atoms with E-state index in [2.05, 4.69) is 0 Å². The number of alkyl halides is 1. The van der Waals surface area contributed by atoms with Gasteiger partial charge in [0.2, 0.25) is 10.0 Å². The predicted octanol–water partition coefficient (Wildman–Crippen LogP) is 3.38. The zero-order valence-electron chi connectivity index (χ0n) is 9.87. The lowest BCUT2D eigenvalue weighted by Gasteiger charge is -2.17. The van der Waals surface area contributed by atoms with Crippen LogP contribution in [0, 0.1) is 0 Å². The molecule has 0 spiro atoms. The summed E-state index contributed by atoms with van der Waals surface area (Å²) in [4.78, 5) is 0. The lowest BCUT2D eigenvalue weighted by Crippen LogP contribution is -2.29. The smallest absolute Gasteiger partial charge is 0.212 e. The van der Waals surface area contributed by atoms with Crippen LogP contribution >= 0.6 is 34.8 Å². The molecule has 1 aromatic carbocycles. The minimum Gasteiger partial charge on any atom is -0.212 e. The van der Waals surface area contributed by atoms with Gasteiger partial charge in [-0.15, -0.1) is 11.6 Å². The van der Waals surface area contributed by atoms with Gasteiger partial charge in [-0.25, -0.2) is 12.7 Å². The molecular weight excluding hydrogens is 317 g/mol. The fraction of sp³-hybridized carbons (Fsp3) is 0.455. The topological polar surface area (TPSA) is 37.4 Å². The summed E-state index contributed by atoms with van der Waals surface area (Å²) in [6.45, 7) is 0.198. The van der Waals surface area contributed by atoms with Crippen LogP contribution < -0.4 is 0 Å². The Kier molecular flexibility index (Phi) is 6.21. The first-order chi connectivity index (χ1) is 8.38. The van der Waals surface area contributed by atoms with Gasteiger partial charge < -0.3 is 0 Å². The molecule has 0 heterocycles. The van der Waals surface area contributed by atoms with Gasteiger partial charge in [0.15, 0.2) is 0 Å². The summed E-state index contributed by atoms with van der Waals surface area (Å²) in [6.07, 6.45) is 0.428. The monoisotopic (exact) mass is 329 g/mol. The van der Waals surface area contributed by atoms with Crippen LogP contribution in [0.25, 0.3) is 0 Å². The molecule has 0 aliphatic heterocycles. The van der Waals surface area contributed by atoms with E-state index in [1.807, 2.05) is 0 Å². The van der Waals surface area contributed by atoms with Gasteiger partial charge in [0.1, 0.15) is 0 Å². The fourth-order valence-corrected chi connectivity index (χ4v) is 3.23. The van der Waals surface area contributed by atoms with Gasteiger partial charge in [-0.1, -0.05) is 35.3 Å². The second kappa shape index (κ2) is 6.96. The molecule has 0 bridgehead atoms. The van der Waals surface area contributed by atoms with Crippen LogP contribution in [0.1, 0.15) is 12.0 Å². The van der Waals surface area contributed by atoms with Crippen LogP contribution in [0.15, 0.2) is 18.2 Å². The number of hydrogen-bond acceptors (Lipinski definition) is 2. The molecule has 18 heavy (non-hydrogen) atoms. The van der Waals surface area contributed by atoms with Crippen molar-refractivity contribution in [1.82, 2.24) is 4.31 Å². The minimum absolute atomic E-state index is 0.0329. The van der Waals surface area contributed by atoms with Crippen LogP contribution in [0.4, 0.5) is 0 Å². The number of sulfonamides is 1. The number of benzene rings is 1. The van der Waals surface area contributed by atoms with E-state index in [1.54, 1.807) is 18.2 Å². The third-order valence-corrected chi connectivity index (χ3v) is 5.44. The molecule has 7 heteroatoms. The SMILES string of the molecule is CN(Cc1cccc(Cl)c1Cl)S(=O)(=O)CCCCl. The first-order valence-corrected chi connectivity index (χ1v) is 8.21. The molecular formula is C11H14Cl3NO2S. The number of nitrogens with zero attached hydrogens (tertiary/aromatic N) is 1. The number of halogens is 3. The zero-order chi connectivity index (χ0) is 13.8. The Balaban J connectivity index is 2.81. The molecule has 102 valence electrons. The number of rotatable bonds is 6. The van der Waals surface area contributed by atoms with Crippen molar-refractivity contribution in [2.45, 2.75) is 13.0 Å². The lowest BCUT2D eigenvalue weighted by atomic mass is 10.2. The molecule has 0 saturated carbocycles. The quantitative estimate of drug-likeness (QED) is 0.750. The van der Waals surface area contributed by atoms with E-state index in [0.29, 0.717) is 27.9 Å². The second-order valence-electron chi connectivity index (χ2n) is 3.83. The summed E-state index contributed by atoms with van der Waals surface area (Å²) in [6, 6.07) is 5.15. The molecule has 0 aromatic heterocycles. The first-order valence-electron chi connectivity index (χ1n) is 5.31. The largest absolute Gasteiger partial charge is 0.214 e. The van der Waals surface area contributed by atoms with Crippen LogP contribution in [-0.2, 0) is 16.6 Å². The van der Waals surface area contributed by atoms with Crippen molar-refractivity contribution in [3.8, 4) is 0 Å². The third kappa shape index (κ3) is 4.28. The summed E-state index contributed by atoms with van der Waals surface area (Å²) in [5.41, 5.74) is 0.682. The van der Waals surface area contributed by atoms with Crippen molar-refractivity contribution in [2.24, 2.45) is 0 Å². The molecule has 0 unspecified atom stereocenters.